The zero-order valence-corrected chi connectivity index (χ0v) is 13.4. The average Bonchev–Trinajstić information content (AvgIpc) is 3.17. The van der Waals surface area contributed by atoms with Crippen molar-refractivity contribution in [3.05, 3.63) is 33.0 Å². The number of aliphatic hydroxyl groups is 1. The molecule has 2 aromatic heterocycles. The lowest BCUT2D eigenvalue weighted by molar-refractivity contribution is 0.0476. The SMILES string of the molecule is Cc1nnsc1C(=O)N1CCC(C(O)c2cccs2)CC1. The Kier molecular flexibility index (Phi) is 4.32. The number of rotatable bonds is 3. The van der Waals surface area contributed by atoms with E-state index in [2.05, 4.69) is 9.59 Å². The van der Waals surface area contributed by atoms with E-state index >= 15 is 0 Å². The first-order valence-electron chi connectivity index (χ1n) is 6.96. The van der Waals surface area contributed by atoms with Gasteiger partial charge in [-0.15, -0.1) is 16.4 Å². The van der Waals surface area contributed by atoms with Gasteiger partial charge in [-0.25, -0.2) is 0 Å². The number of aliphatic hydroxyl groups excluding tert-OH is 1. The van der Waals surface area contributed by atoms with Gasteiger partial charge in [-0.2, -0.15) is 0 Å². The molecule has 1 amide bonds. The molecule has 0 bridgehead atoms. The third-order valence-corrected chi connectivity index (χ3v) is 5.71. The molecule has 112 valence electrons. The number of amides is 1. The summed E-state index contributed by atoms with van der Waals surface area (Å²) in [5.41, 5.74) is 0.700. The van der Waals surface area contributed by atoms with Gasteiger partial charge in [0.15, 0.2) is 0 Å². The largest absolute Gasteiger partial charge is 0.387 e. The quantitative estimate of drug-likeness (QED) is 0.942. The van der Waals surface area contributed by atoms with Gasteiger partial charge in [-0.1, -0.05) is 10.6 Å². The van der Waals surface area contributed by atoms with Crippen LogP contribution < -0.4 is 0 Å². The van der Waals surface area contributed by atoms with E-state index in [9.17, 15) is 9.90 Å². The van der Waals surface area contributed by atoms with Crippen molar-refractivity contribution in [2.45, 2.75) is 25.9 Å². The molecule has 5 nitrogen and oxygen atoms in total. The third-order valence-electron chi connectivity index (χ3n) is 3.95. The van der Waals surface area contributed by atoms with E-state index in [1.807, 2.05) is 29.3 Å². The molecule has 0 aromatic carbocycles. The molecule has 0 spiro atoms. The summed E-state index contributed by atoms with van der Waals surface area (Å²) in [5, 5.41) is 16.3. The summed E-state index contributed by atoms with van der Waals surface area (Å²) in [6.45, 7) is 3.18. The highest BCUT2D eigenvalue weighted by molar-refractivity contribution is 7.10. The summed E-state index contributed by atoms with van der Waals surface area (Å²) in [6.07, 6.45) is 1.25. The van der Waals surface area contributed by atoms with E-state index in [1.165, 1.54) is 0 Å². The average molecular weight is 323 g/mol. The fraction of sp³-hybridized carbons (Fsp3) is 0.500. The van der Waals surface area contributed by atoms with Gasteiger partial charge in [0.1, 0.15) is 4.88 Å². The fourth-order valence-corrected chi connectivity index (χ4v) is 4.11. The number of carbonyl (C=O) groups excluding carboxylic acids is 1. The van der Waals surface area contributed by atoms with Gasteiger partial charge in [-0.3, -0.25) is 4.79 Å². The Hall–Kier alpha value is -1.31. The number of likely N-dealkylation sites (tertiary alicyclic amines) is 1. The van der Waals surface area contributed by atoms with Crippen LogP contribution in [0, 0.1) is 12.8 Å². The molecule has 3 rings (SSSR count). The number of hydrogen-bond acceptors (Lipinski definition) is 6. The minimum Gasteiger partial charge on any atom is -0.387 e. The first kappa shape index (κ1) is 14.6. The number of aryl methyl sites for hydroxylation is 1. The van der Waals surface area contributed by atoms with Crippen LogP contribution in [0.15, 0.2) is 17.5 Å². The fourth-order valence-electron chi connectivity index (χ4n) is 2.68. The normalized spacial score (nSPS) is 17.9. The summed E-state index contributed by atoms with van der Waals surface area (Å²) >= 11 is 2.74. The van der Waals surface area contributed by atoms with E-state index in [0.29, 0.717) is 23.7 Å². The molecule has 0 radical (unpaired) electrons. The Bertz CT molecular complexity index is 604. The highest BCUT2D eigenvalue weighted by Gasteiger charge is 2.30. The molecule has 2 aromatic rings. The number of nitrogens with zero attached hydrogens (tertiary/aromatic N) is 3. The second-order valence-corrected chi connectivity index (χ2v) is 7.01. The first-order chi connectivity index (χ1) is 10.2. The lowest BCUT2D eigenvalue weighted by Gasteiger charge is -2.33. The van der Waals surface area contributed by atoms with Crippen molar-refractivity contribution < 1.29 is 9.90 Å². The second-order valence-electron chi connectivity index (χ2n) is 5.28. The molecule has 7 heteroatoms. The first-order valence-corrected chi connectivity index (χ1v) is 8.62. The molecule has 1 atom stereocenters. The van der Waals surface area contributed by atoms with Crippen molar-refractivity contribution in [1.82, 2.24) is 14.5 Å². The Morgan fingerprint density at radius 3 is 2.81 bits per heavy atom. The highest BCUT2D eigenvalue weighted by atomic mass is 32.1. The van der Waals surface area contributed by atoms with Gasteiger partial charge >= 0.3 is 0 Å². The highest BCUT2D eigenvalue weighted by Crippen LogP contribution is 2.33. The van der Waals surface area contributed by atoms with Crippen molar-refractivity contribution in [3.8, 4) is 0 Å². The summed E-state index contributed by atoms with van der Waals surface area (Å²) in [6, 6.07) is 3.93. The van der Waals surface area contributed by atoms with Crippen LogP contribution in [0.2, 0.25) is 0 Å². The van der Waals surface area contributed by atoms with Crippen LogP contribution in [0.1, 0.15) is 39.2 Å². The maximum Gasteiger partial charge on any atom is 0.267 e. The number of piperidine rings is 1. The number of aromatic nitrogens is 2. The Morgan fingerprint density at radius 1 is 1.48 bits per heavy atom. The summed E-state index contributed by atoms with van der Waals surface area (Å²) in [5.74, 6) is 0.250. The molecule has 0 saturated carbocycles. The Morgan fingerprint density at radius 2 is 2.24 bits per heavy atom. The van der Waals surface area contributed by atoms with Crippen LogP contribution in [0.25, 0.3) is 0 Å². The molecule has 21 heavy (non-hydrogen) atoms. The molecule has 1 saturated heterocycles. The molecular formula is C14H17N3O2S2. The smallest absolute Gasteiger partial charge is 0.267 e. The Balaban J connectivity index is 1.60. The maximum atomic E-state index is 12.4. The van der Waals surface area contributed by atoms with E-state index in [-0.39, 0.29) is 11.8 Å². The molecule has 3 heterocycles. The number of hydrogen-bond donors (Lipinski definition) is 1. The van der Waals surface area contributed by atoms with Crippen LogP contribution in [-0.4, -0.2) is 38.6 Å². The second kappa shape index (κ2) is 6.21. The lowest BCUT2D eigenvalue weighted by Crippen LogP contribution is -2.39. The summed E-state index contributed by atoms with van der Waals surface area (Å²) in [4.78, 5) is 15.9. The van der Waals surface area contributed by atoms with Gasteiger partial charge in [-0.05, 0) is 48.7 Å². The van der Waals surface area contributed by atoms with E-state index in [0.717, 1.165) is 29.3 Å². The van der Waals surface area contributed by atoms with Gasteiger partial charge in [0.05, 0.1) is 11.8 Å². The molecule has 1 aliphatic heterocycles. The van der Waals surface area contributed by atoms with E-state index < -0.39 is 6.10 Å². The minimum absolute atomic E-state index is 0.0200. The van der Waals surface area contributed by atoms with Gasteiger partial charge in [0, 0.05) is 18.0 Å². The monoisotopic (exact) mass is 323 g/mol. The van der Waals surface area contributed by atoms with Crippen LogP contribution in [0.3, 0.4) is 0 Å². The van der Waals surface area contributed by atoms with E-state index in [4.69, 9.17) is 0 Å². The lowest BCUT2D eigenvalue weighted by atomic mass is 9.90. The van der Waals surface area contributed by atoms with Crippen molar-refractivity contribution in [1.29, 1.82) is 0 Å². The van der Waals surface area contributed by atoms with Crippen LogP contribution in [0.5, 0.6) is 0 Å². The summed E-state index contributed by atoms with van der Waals surface area (Å²) < 4.78 is 3.82. The molecule has 1 aliphatic rings. The van der Waals surface area contributed by atoms with Crippen LogP contribution in [0.4, 0.5) is 0 Å². The standard InChI is InChI=1S/C14H17N3O2S2/c1-9-13(21-16-15-9)14(19)17-6-4-10(5-7-17)12(18)11-3-2-8-20-11/h2-3,8,10,12,18H,4-7H2,1H3. The predicted octanol–water partition coefficient (Wildman–Crippen LogP) is 2.49. The molecule has 0 aliphatic carbocycles. The van der Waals surface area contributed by atoms with Gasteiger partial charge in [0.2, 0.25) is 0 Å². The van der Waals surface area contributed by atoms with Gasteiger partial charge < -0.3 is 10.0 Å². The van der Waals surface area contributed by atoms with Gasteiger partial charge in [0.25, 0.3) is 5.91 Å². The Labute approximate surface area is 131 Å². The summed E-state index contributed by atoms with van der Waals surface area (Å²) in [7, 11) is 0. The van der Waals surface area contributed by atoms with Crippen molar-refractivity contribution >= 4 is 28.8 Å². The predicted molar refractivity (Wildman–Crippen MR) is 82.6 cm³/mol. The zero-order chi connectivity index (χ0) is 14.8. The molecule has 1 N–H and O–H groups in total. The minimum atomic E-state index is -0.408. The number of carbonyl (C=O) groups is 1. The topological polar surface area (TPSA) is 66.3 Å². The third kappa shape index (κ3) is 3.00. The molecular weight excluding hydrogens is 306 g/mol. The van der Waals surface area contributed by atoms with Crippen molar-refractivity contribution in [2.24, 2.45) is 5.92 Å². The number of thiophene rings is 1. The zero-order valence-electron chi connectivity index (χ0n) is 11.7. The van der Waals surface area contributed by atoms with Crippen LogP contribution in [-0.2, 0) is 0 Å². The molecule has 1 fully saturated rings. The van der Waals surface area contributed by atoms with Crippen molar-refractivity contribution in [2.75, 3.05) is 13.1 Å². The van der Waals surface area contributed by atoms with E-state index in [1.54, 1.807) is 11.3 Å². The van der Waals surface area contributed by atoms with Crippen LogP contribution >= 0.6 is 22.9 Å². The molecule has 1 unspecified atom stereocenters. The van der Waals surface area contributed by atoms with Crippen molar-refractivity contribution in [3.63, 3.8) is 0 Å². The maximum absolute atomic E-state index is 12.4.